The van der Waals surface area contributed by atoms with Crippen molar-refractivity contribution in [1.82, 2.24) is 25.7 Å². The van der Waals surface area contributed by atoms with Crippen LogP contribution in [0.4, 0.5) is 5.82 Å². The van der Waals surface area contributed by atoms with E-state index in [1.807, 2.05) is 19.1 Å². The highest BCUT2D eigenvalue weighted by molar-refractivity contribution is 5.92. The second-order valence-corrected chi connectivity index (χ2v) is 7.44. The van der Waals surface area contributed by atoms with Crippen LogP contribution in [0.5, 0.6) is 0 Å². The van der Waals surface area contributed by atoms with Gasteiger partial charge in [-0.1, -0.05) is 20.8 Å². The molecule has 2 N–H and O–H groups in total. The Morgan fingerprint density at radius 1 is 1.33 bits per heavy atom. The molecule has 1 amide bonds. The fraction of sp³-hybridized carbons (Fsp3) is 0.529. The standard InChI is InChI=1S/C17H24N6O/c1-11-7-13(20-19-11)16(24)18-8-12-9-23(10-12)15-6-5-14(21-22-15)17(2,3)4/h5-7,12H,8-10H2,1-4H3,(H,18,24)(H,19,20). The van der Waals surface area contributed by atoms with Crippen LogP contribution >= 0.6 is 0 Å². The molecule has 0 aliphatic carbocycles. The number of nitrogens with one attached hydrogen (secondary N) is 2. The van der Waals surface area contributed by atoms with Crippen molar-refractivity contribution in [2.45, 2.75) is 33.1 Å². The second kappa shape index (κ2) is 6.22. The molecule has 0 spiro atoms. The quantitative estimate of drug-likeness (QED) is 0.891. The largest absolute Gasteiger partial charge is 0.354 e. The van der Waals surface area contributed by atoms with Crippen molar-refractivity contribution in [2.75, 3.05) is 24.5 Å². The van der Waals surface area contributed by atoms with E-state index in [-0.39, 0.29) is 11.3 Å². The summed E-state index contributed by atoms with van der Waals surface area (Å²) in [6.45, 7) is 10.7. The third kappa shape index (κ3) is 3.55. The zero-order valence-electron chi connectivity index (χ0n) is 14.6. The zero-order chi connectivity index (χ0) is 17.3. The van der Waals surface area contributed by atoms with Gasteiger partial charge in [0.15, 0.2) is 5.82 Å². The first-order chi connectivity index (χ1) is 11.3. The van der Waals surface area contributed by atoms with Crippen LogP contribution in [-0.2, 0) is 5.41 Å². The van der Waals surface area contributed by atoms with E-state index in [0.717, 1.165) is 30.3 Å². The number of hydrogen-bond acceptors (Lipinski definition) is 5. The molecule has 2 aromatic rings. The van der Waals surface area contributed by atoms with Gasteiger partial charge in [-0.25, -0.2) is 0 Å². The van der Waals surface area contributed by atoms with E-state index >= 15 is 0 Å². The van der Waals surface area contributed by atoms with Gasteiger partial charge in [0.25, 0.3) is 5.91 Å². The van der Waals surface area contributed by atoms with Gasteiger partial charge in [0.05, 0.1) is 5.69 Å². The number of hydrogen-bond donors (Lipinski definition) is 2. The lowest BCUT2D eigenvalue weighted by Gasteiger charge is -2.40. The molecule has 128 valence electrons. The van der Waals surface area contributed by atoms with Gasteiger partial charge in [-0.15, -0.1) is 5.10 Å². The molecule has 1 aliphatic rings. The summed E-state index contributed by atoms with van der Waals surface area (Å²) in [4.78, 5) is 14.1. The van der Waals surface area contributed by atoms with Gasteiger partial charge in [-0.3, -0.25) is 9.89 Å². The molecule has 0 radical (unpaired) electrons. The van der Waals surface area contributed by atoms with Gasteiger partial charge >= 0.3 is 0 Å². The molecule has 7 heteroatoms. The van der Waals surface area contributed by atoms with Crippen LogP contribution in [0.1, 0.15) is 42.6 Å². The molecule has 0 atom stereocenters. The molecular formula is C17H24N6O. The highest BCUT2D eigenvalue weighted by atomic mass is 16.1. The van der Waals surface area contributed by atoms with Crippen LogP contribution in [0, 0.1) is 12.8 Å². The molecule has 1 aliphatic heterocycles. The molecule has 7 nitrogen and oxygen atoms in total. The van der Waals surface area contributed by atoms with Crippen molar-refractivity contribution >= 4 is 11.7 Å². The van der Waals surface area contributed by atoms with Gasteiger partial charge in [0, 0.05) is 36.7 Å². The third-order valence-corrected chi connectivity index (χ3v) is 4.19. The normalized spacial score (nSPS) is 15.2. The summed E-state index contributed by atoms with van der Waals surface area (Å²) in [6.07, 6.45) is 0. The molecule has 0 bridgehead atoms. The number of aromatic nitrogens is 4. The van der Waals surface area contributed by atoms with Crippen molar-refractivity contribution in [1.29, 1.82) is 0 Å². The Hall–Kier alpha value is -2.44. The van der Waals surface area contributed by atoms with Crippen molar-refractivity contribution in [2.24, 2.45) is 5.92 Å². The van der Waals surface area contributed by atoms with E-state index in [9.17, 15) is 4.79 Å². The number of anilines is 1. The van der Waals surface area contributed by atoms with E-state index in [1.54, 1.807) is 6.07 Å². The van der Waals surface area contributed by atoms with Crippen molar-refractivity contribution in [3.63, 3.8) is 0 Å². The van der Waals surface area contributed by atoms with E-state index in [4.69, 9.17) is 0 Å². The van der Waals surface area contributed by atoms with Crippen LogP contribution in [0.3, 0.4) is 0 Å². The summed E-state index contributed by atoms with van der Waals surface area (Å²) in [7, 11) is 0. The Labute approximate surface area is 141 Å². The Balaban J connectivity index is 1.46. The van der Waals surface area contributed by atoms with Gasteiger partial charge in [0.1, 0.15) is 5.69 Å². The number of rotatable bonds is 4. The highest BCUT2D eigenvalue weighted by Crippen LogP contribution is 2.24. The first-order valence-corrected chi connectivity index (χ1v) is 8.22. The maximum Gasteiger partial charge on any atom is 0.271 e. The Kier molecular flexibility index (Phi) is 4.26. The summed E-state index contributed by atoms with van der Waals surface area (Å²) >= 11 is 0. The molecule has 2 aromatic heterocycles. The van der Waals surface area contributed by atoms with E-state index in [0.29, 0.717) is 18.2 Å². The lowest BCUT2D eigenvalue weighted by atomic mass is 9.92. The van der Waals surface area contributed by atoms with Gasteiger partial charge in [-0.05, 0) is 25.1 Å². The lowest BCUT2D eigenvalue weighted by molar-refractivity contribution is 0.0939. The summed E-state index contributed by atoms with van der Waals surface area (Å²) < 4.78 is 0. The predicted molar refractivity (Wildman–Crippen MR) is 92.1 cm³/mol. The number of amides is 1. The number of carbonyl (C=O) groups is 1. The highest BCUT2D eigenvalue weighted by Gasteiger charge is 2.29. The smallest absolute Gasteiger partial charge is 0.271 e. The van der Waals surface area contributed by atoms with Gasteiger partial charge < -0.3 is 10.2 Å². The van der Waals surface area contributed by atoms with Crippen LogP contribution in [0.25, 0.3) is 0 Å². The Morgan fingerprint density at radius 2 is 2.08 bits per heavy atom. The van der Waals surface area contributed by atoms with Crippen molar-refractivity contribution in [3.8, 4) is 0 Å². The molecule has 3 heterocycles. The van der Waals surface area contributed by atoms with Gasteiger partial charge in [0.2, 0.25) is 0 Å². The third-order valence-electron chi connectivity index (χ3n) is 4.19. The average molecular weight is 328 g/mol. The minimum Gasteiger partial charge on any atom is -0.354 e. The number of nitrogens with zero attached hydrogens (tertiary/aromatic N) is 4. The molecule has 24 heavy (non-hydrogen) atoms. The maximum absolute atomic E-state index is 12.0. The van der Waals surface area contributed by atoms with Gasteiger partial charge in [-0.2, -0.15) is 10.2 Å². The predicted octanol–water partition coefficient (Wildman–Crippen LogP) is 1.67. The van der Waals surface area contributed by atoms with E-state index < -0.39 is 0 Å². The fourth-order valence-electron chi connectivity index (χ4n) is 2.64. The summed E-state index contributed by atoms with van der Waals surface area (Å²) in [5.41, 5.74) is 2.32. The average Bonchev–Trinajstić information content (AvgIpc) is 2.91. The Bertz CT molecular complexity index is 709. The van der Waals surface area contributed by atoms with E-state index in [1.165, 1.54) is 0 Å². The van der Waals surface area contributed by atoms with Crippen molar-refractivity contribution < 1.29 is 4.79 Å². The minimum atomic E-state index is -0.132. The zero-order valence-corrected chi connectivity index (χ0v) is 14.6. The first kappa shape index (κ1) is 16.4. The number of H-pyrrole nitrogens is 1. The van der Waals surface area contributed by atoms with Crippen LogP contribution < -0.4 is 10.2 Å². The summed E-state index contributed by atoms with van der Waals surface area (Å²) in [5, 5.41) is 18.3. The summed E-state index contributed by atoms with van der Waals surface area (Å²) in [5.74, 6) is 1.19. The fourth-order valence-corrected chi connectivity index (χ4v) is 2.64. The minimum absolute atomic E-state index is 0.0118. The molecular weight excluding hydrogens is 304 g/mol. The summed E-state index contributed by atoms with van der Waals surface area (Å²) in [6, 6.07) is 5.81. The van der Waals surface area contributed by atoms with Crippen molar-refractivity contribution in [3.05, 3.63) is 35.3 Å². The number of carbonyl (C=O) groups excluding carboxylic acids is 1. The molecule has 0 unspecified atom stereocenters. The SMILES string of the molecule is Cc1cc(C(=O)NCC2CN(c3ccc(C(C)(C)C)nn3)C2)n[nH]1. The molecule has 0 aromatic carbocycles. The second-order valence-electron chi connectivity index (χ2n) is 7.44. The maximum atomic E-state index is 12.0. The van der Waals surface area contributed by atoms with Crippen LogP contribution in [0.15, 0.2) is 18.2 Å². The molecule has 3 rings (SSSR count). The number of aromatic amines is 1. The lowest BCUT2D eigenvalue weighted by Crippen LogP contribution is -2.52. The number of aryl methyl sites for hydroxylation is 1. The first-order valence-electron chi connectivity index (χ1n) is 8.22. The van der Waals surface area contributed by atoms with Crippen LogP contribution in [-0.4, -0.2) is 45.9 Å². The topological polar surface area (TPSA) is 86.8 Å². The Morgan fingerprint density at radius 3 is 2.62 bits per heavy atom. The monoisotopic (exact) mass is 328 g/mol. The van der Waals surface area contributed by atoms with Crippen LogP contribution in [0.2, 0.25) is 0 Å². The molecule has 1 saturated heterocycles. The van der Waals surface area contributed by atoms with E-state index in [2.05, 4.69) is 51.4 Å². The molecule has 0 saturated carbocycles. The molecule has 1 fully saturated rings.